The first-order valence-corrected chi connectivity index (χ1v) is 13.0. The second kappa shape index (κ2) is 12.0. The molecular formula is C31H35N3O5. The maximum atomic E-state index is 13.1. The van der Waals surface area contributed by atoms with E-state index >= 15 is 0 Å². The van der Waals surface area contributed by atoms with Gasteiger partial charge in [-0.1, -0.05) is 31.5 Å². The van der Waals surface area contributed by atoms with Crippen molar-refractivity contribution in [3.8, 4) is 22.7 Å². The molecule has 0 radical (unpaired) electrons. The van der Waals surface area contributed by atoms with Gasteiger partial charge in [0, 0.05) is 28.7 Å². The Morgan fingerprint density at radius 3 is 2.15 bits per heavy atom. The van der Waals surface area contributed by atoms with E-state index in [0.29, 0.717) is 40.4 Å². The molecule has 0 bridgehead atoms. The number of nitrogens with zero attached hydrogens (tertiary/aromatic N) is 2. The lowest BCUT2D eigenvalue weighted by molar-refractivity contribution is -0.137. The minimum Gasteiger partial charge on any atom is -0.494 e. The van der Waals surface area contributed by atoms with Gasteiger partial charge in [-0.15, -0.1) is 0 Å². The number of methoxy groups -OCH3 is 2. The van der Waals surface area contributed by atoms with Gasteiger partial charge in [0.15, 0.2) is 0 Å². The van der Waals surface area contributed by atoms with Gasteiger partial charge in [0.05, 0.1) is 49.3 Å². The highest BCUT2D eigenvalue weighted by Gasteiger charge is 2.40. The zero-order chi connectivity index (χ0) is 28.1. The van der Waals surface area contributed by atoms with Gasteiger partial charge in [-0.25, -0.2) is 14.3 Å². The molecular weight excluding hydrogens is 494 g/mol. The number of hydrogen-bond acceptors (Lipinski definition) is 7. The predicted molar refractivity (Wildman–Crippen MR) is 149 cm³/mol. The van der Waals surface area contributed by atoms with Crippen LogP contribution < -0.4 is 10.1 Å². The van der Waals surface area contributed by atoms with E-state index in [1.165, 1.54) is 14.2 Å². The summed E-state index contributed by atoms with van der Waals surface area (Å²) in [6.45, 7) is 8.37. The SMILES string of the molecule is CCCCOc1ccc(-c2nn(-c3ccccc3)cc2C2C(C(=O)OC)=C(C)NC(C)=C2C(=O)OC)c(C)c1. The third kappa shape index (κ3) is 5.60. The van der Waals surface area contributed by atoms with Crippen LogP contribution in [0.5, 0.6) is 5.75 Å². The van der Waals surface area contributed by atoms with Gasteiger partial charge >= 0.3 is 11.9 Å². The Hall–Kier alpha value is -4.33. The summed E-state index contributed by atoms with van der Waals surface area (Å²) in [7, 11) is 2.66. The number of para-hydroxylation sites is 1. The lowest BCUT2D eigenvalue weighted by Crippen LogP contribution is -2.32. The maximum Gasteiger partial charge on any atom is 0.336 e. The summed E-state index contributed by atoms with van der Waals surface area (Å²) in [6, 6.07) is 15.6. The summed E-state index contributed by atoms with van der Waals surface area (Å²) in [5.74, 6) is -1.05. The summed E-state index contributed by atoms with van der Waals surface area (Å²) >= 11 is 0. The van der Waals surface area contributed by atoms with E-state index in [4.69, 9.17) is 19.3 Å². The van der Waals surface area contributed by atoms with Gasteiger partial charge in [0.2, 0.25) is 0 Å². The molecule has 0 saturated heterocycles. The number of allylic oxidation sites excluding steroid dienone is 2. The number of carbonyl (C=O) groups is 2. The molecule has 0 amide bonds. The zero-order valence-electron chi connectivity index (χ0n) is 23.3. The van der Waals surface area contributed by atoms with Crippen molar-refractivity contribution in [2.45, 2.75) is 46.5 Å². The molecule has 0 unspecified atom stereocenters. The molecule has 4 rings (SSSR count). The molecule has 2 heterocycles. The highest BCUT2D eigenvalue weighted by molar-refractivity contribution is 6.00. The van der Waals surface area contributed by atoms with Gasteiger partial charge in [-0.2, -0.15) is 5.10 Å². The summed E-state index contributed by atoms with van der Waals surface area (Å²) in [4.78, 5) is 26.3. The van der Waals surface area contributed by atoms with E-state index < -0.39 is 17.9 Å². The quantitative estimate of drug-likeness (QED) is 0.285. The molecule has 8 heteroatoms. The predicted octanol–water partition coefficient (Wildman–Crippen LogP) is 5.61. The van der Waals surface area contributed by atoms with Crippen molar-refractivity contribution in [3.05, 3.63) is 88.4 Å². The zero-order valence-corrected chi connectivity index (χ0v) is 23.3. The normalized spacial score (nSPS) is 13.8. The van der Waals surface area contributed by atoms with E-state index in [1.54, 1.807) is 18.5 Å². The molecule has 3 aromatic rings. The van der Waals surface area contributed by atoms with Crippen LogP contribution in [0.15, 0.2) is 77.3 Å². The summed E-state index contributed by atoms with van der Waals surface area (Å²) in [6.07, 6.45) is 3.91. The minimum atomic E-state index is -0.765. The monoisotopic (exact) mass is 529 g/mol. The molecule has 0 atom stereocenters. The fourth-order valence-electron chi connectivity index (χ4n) is 4.91. The Balaban J connectivity index is 1.96. The van der Waals surface area contributed by atoms with Gasteiger partial charge in [-0.05, 0) is 63.1 Å². The fourth-order valence-corrected chi connectivity index (χ4v) is 4.91. The molecule has 2 aromatic carbocycles. The Morgan fingerprint density at radius 1 is 0.949 bits per heavy atom. The first-order chi connectivity index (χ1) is 18.8. The van der Waals surface area contributed by atoms with E-state index in [9.17, 15) is 9.59 Å². The van der Waals surface area contributed by atoms with Gasteiger partial charge in [0.25, 0.3) is 0 Å². The lowest BCUT2D eigenvalue weighted by atomic mass is 9.79. The van der Waals surface area contributed by atoms with Crippen molar-refractivity contribution in [1.29, 1.82) is 0 Å². The number of rotatable bonds is 9. The molecule has 1 N–H and O–H groups in total. The Labute approximate surface area is 229 Å². The number of dihydropyridines is 1. The van der Waals surface area contributed by atoms with Crippen LogP contribution in [-0.4, -0.2) is 42.5 Å². The minimum absolute atomic E-state index is 0.328. The Kier molecular flexibility index (Phi) is 8.54. The number of benzene rings is 2. The smallest absolute Gasteiger partial charge is 0.336 e. The van der Waals surface area contributed by atoms with Crippen LogP contribution in [-0.2, 0) is 19.1 Å². The molecule has 1 aliphatic rings. The molecule has 0 fully saturated rings. The number of nitrogens with one attached hydrogen (secondary N) is 1. The number of aryl methyl sites for hydroxylation is 1. The van der Waals surface area contributed by atoms with Crippen LogP contribution in [0.4, 0.5) is 0 Å². The molecule has 0 spiro atoms. The fraction of sp³-hybridized carbons (Fsp3) is 0.323. The molecule has 1 aromatic heterocycles. The van der Waals surface area contributed by atoms with Crippen molar-refractivity contribution in [3.63, 3.8) is 0 Å². The van der Waals surface area contributed by atoms with Gasteiger partial charge < -0.3 is 19.5 Å². The number of hydrogen-bond donors (Lipinski definition) is 1. The number of ether oxygens (including phenoxy) is 3. The van der Waals surface area contributed by atoms with E-state index in [-0.39, 0.29) is 0 Å². The highest BCUT2D eigenvalue weighted by Crippen LogP contribution is 2.43. The average molecular weight is 530 g/mol. The lowest BCUT2D eigenvalue weighted by Gasteiger charge is -2.29. The van der Waals surface area contributed by atoms with Crippen molar-refractivity contribution < 1.29 is 23.8 Å². The van der Waals surface area contributed by atoms with Crippen LogP contribution in [0.25, 0.3) is 16.9 Å². The number of carbonyl (C=O) groups excluding carboxylic acids is 2. The van der Waals surface area contributed by atoms with Crippen LogP contribution in [0.1, 0.15) is 50.7 Å². The van der Waals surface area contributed by atoms with E-state index in [0.717, 1.165) is 35.4 Å². The molecule has 39 heavy (non-hydrogen) atoms. The van der Waals surface area contributed by atoms with Crippen LogP contribution >= 0.6 is 0 Å². The molecule has 8 nitrogen and oxygen atoms in total. The van der Waals surface area contributed by atoms with Crippen LogP contribution in [0, 0.1) is 6.92 Å². The molecule has 204 valence electrons. The second-order valence-corrected chi connectivity index (χ2v) is 9.51. The van der Waals surface area contributed by atoms with Gasteiger partial charge in [0.1, 0.15) is 5.75 Å². The van der Waals surface area contributed by atoms with Crippen LogP contribution in [0.3, 0.4) is 0 Å². The van der Waals surface area contributed by atoms with E-state index in [2.05, 4.69) is 12.2 Å². The summed E-state index contributed by atoms with van der Waals surface area (Å²) in [5, 5.41) is 8.15. The topological polar surface area (TPSA) is 91.7 Å². The highest BCUT2D eigenvalue weighted by atomic mass is 16.5. The molecule has 0 aliphatic carbocycles. The van der Waals surface area contributed by atoms with Gasteiger partial charge in [-0.3, -0.25) is 0 Å². The van der Waals surface area contributed by atoms with Crippen molar-refractivity contribution in [2.75, 3.05) is 20.8 Å². The Morgan fingerprint density at radius 2 is 1.59 bits per heavy atom. The number of unbranched alkanes of at least 4 members (excludes halogenated alkanes) is 1. The third-order valence-electron chi connectivity index (χ3n) is 6.86. The van der Waals surface area contributed by atoms with E-state index in [1.807, 2.05) is 61.7 Å². The molecule has 1 aliphatic heterocycles. The van der Waals surface area contributed by atoms with Crippen molar-refractivity contribution in [2.24, 2.45) is 0 Å². The van der Waals surface area contributed by atoms with Crippen molar-refractivity contribution >= 4 is 11.9 Å². The second-order valence-electron chi connectivity index (χ2n) is 9.51. The summed E-state index contributed by atoms with van der Waals surface area (Å²) in [5.41, 5.74) is 5.86. The maximum absolute atomic E-state index is 13.1. The average Bonchev–Trinajstić information content (AvgIpc) is 3.37. The largest absolute Gasteiger partial charge is 0.494 e. The van der Waals surface area contributed by atoms with Crippen molar-refractivity contribution in [1.82, 2.24) is 15.1 Å². The standard InChI is InChI=1S/C31H35N3O5/c1-7-8-16-39-23-14-15-24(19(2)17-23)29-25(18-34(33-29)22-12-10-9-11-13-22)28-26(30(35)37-5)20(3)32-21(4)27(28)31(36)38-6/h9-15,17-18,28,32H,7-8,16H2,1-6H3. The number of esters is 2. The molecule has 0 saturated carbocycles. The third-order valence-corrected chi connectivity index (χ3v) is 6.86. The van der Waals surface area contributed by atoms with Crippen LogP contribution in [0.2, 0.25) is 0 Å². The summed E-state index contributed by atoms with van der Waals surface area (Å²) < 4.78 is 18.0. The number of aromatic nitrogens is 2. The Bertz CT molecular complexity index is 1400. The first kappa shape index (κ1) is 27.7. The first-order valence-electron chi connectivity index (χ1n) is 13.0.